The first kappa shape index (κ1) is 16.0. The summed E-state index contributed by atoms with van der Waals surface area (Å²) in [5.41, 5.74) is 6.45. The van der Waals surface area contributed by atoms with Crippen molar-refractivity contribution >= 4 is 40.5 Å². The Bertz CT molecular complexity index is 432. The highest BCUT2D eigenvalue weighted by Crippen LogP contribution is 2.32. The van der Waals surface area contributed by atoms with E-state index in [1.807, 2.05) is 11.9 Å². The Morgan fingerprint density at radius 1 is 1.42 bits per heavy atom. The first-order valence-electron chi connectivity index (χ1n) is 5.77. The van der Waals surface area contributed by atoms with Crippen molar-refractivity contribution in [1.29, 1.82) is 0 Å². The fourth-order valence-electron chi connectivity index (χ4n) is 1.50. The molecule has 1 amide bonds. The third-order valence-corrected chi connectivity index (χ3v) is 3.07. The maximum Gasteiger partial charge on any atom is 0.225 e. The van der Waals surface area contributed by atoms with E-state index in [4.69, 9.17) is 34.0 Å². The van der Waals surface area contributed by atoms with Crippen LogP contribution in [0.2, 0.25) is 10.0 Å². The summed E-state index contributed by atoms with van der Waals surface area (Å²) in [5.74, 6) is -0.194. The zero-order valence-corrected chi connectivity index (χ0v) is 12.1. The average Bonchev–Trinajstić information content (AvgIpc) is 2.31. The fourth-order valence-corrected chi connectivity index (χ4v) is 2.06. The molecule has 5 nitrogen and oxygen atoms in total. The van der Waals surface area contributed by atoms with E-state index in [-0.39, 0.29) is 18.9 Å². The number of likely N-dealkylation sites (N-methyl/N-ethyl adjacent to an activating group) is 1. The number of carbonyl (C=O) groups is 1. The Balaban J connectivity index is 2.58. The Morgan fingerprint density at radius 2 is 2.11 bits per heavy atom. The van der Waals surface area contributed by atoms with E-state index in [1.54, 1.807) is 0 Å². The molecule has 0 spiro atoms. The molecular weight excluding hydrogens is 289 g/mol. The molecule has 1 aromatic carbocycles. The minimum Gasteiger partial charge on any atom is -0.397 e. The predicted octanol–water partition coefficient (Wildman–Crippen LogP) is 1.83. The number of nitrogens with zero attached hydrogens (tertiary/aromatic N) is 1. The molecule has 0 atom stereocenters. The minimum atomic E-state index is -0.194. The number of hydrogen-bond acceptors (Lipinski definition) is 4. The van der Waals surface area contributed by atoms with Crippen molar-refractivity contribution in [1.82, 2.24) is 4.90 Å². The number of aliphatic hydroxyl groups excluding tert-OH is 1. The van der Waals surface area contributed by atoms with E-state index in [0.29, 0.717) is 34.5 Å². The van der Waals surface area contributed by atoms with Gasteiger partial charge in [-0.25, -0.2) is 0 Å². The lowest BCUT2D eigenvalue weighted by Crippen LogP contribution is -2.27. The average molecular weight is 306 g/mol. The van der Waals surface area contributed by atoms with Gasteiger partial charge in [0.2, 0.25) is 5.91 Å². The molecule has 0 bridgehead atoms. The van der Waals surface area contributed by atoms with Gasteiger partial charge in [-0.3, -0.25) is 4.79 Å². The van der Waals surface area contributed by atoms with Crippen molar-refractivity contribution < 1.29 is 9.90 Å². The van der Waals surface area contributed by atoms with Crippen LogP contribution in [-0.4, -0.2) is 42.7 Å². The van der Waals surface area contributed by atoms with Crippen molar-refractivity contribution in [2.45, 2.75) is 6.42 Å². The molecule has 0 fully saturated rings. The highest BCUT2D eigenvalue weighted by Gasteiger charge is 2.11. The third kappa shape index (κ3) is 5.24. The van der Waals surface area contributed by atoms with Gasteiger partial charge < -0.3 is 21.1 Å². The van der Waals surface area contributed by atoms with Crippen LogP contribution in [0.5, 0.6) is 0 Å². The number of carbonyl (C=O) groups excluding carboxylic acids is 1. The van der Waals surface area contributed by atoms with Gasteiger partial charge in [0.05, 0.1) is 23.0 Å². The van der Waals surface area contributed by atoms with Gasteiger partial charge in [-0.2, -0.15) is 0 Å². The second-order valence-electron chi connectivity index (χ2n) is 4.18. The topological polar surface area (TPSA) is 78.6 Å². The molecule has 0 aliphatic heterocycles. The van der Waals surface area contributed by atoms with Crippen LogP contribution < -0.4 is 11.1 Å². The zero-order chi connectivity index (χ0) is 14.4. The van der Waals surface area contributed by atoms with Crippen LogP contribution in [0.15, 0.2) is 12.1 Å². The number of amides is 1. The molecule has 1 rings (SSSR count). The summed E-state index contributed by atoms with van der Waals surface area (Å²) in [6.07, 6.45) is 0.287. The number of rotatable bonds is 6. The number of nitrogens with one attached hydrogen (secondary N) is 1. The van der Waals surface area contributed by atoms with Crippen molar-refractivity contribution in [2.75, 3.05) is 37.8 Å². The molecule has 4 N–H and O–H groups in total. The maximum absolute atomic E-state index is 11.8. The van der Waals surface area contributed by atoms with E-state index in [2.05, 4.69) is 5.32 Å². The lowest BCUT2D eigenvalue weighted by atomic mass is 10.2. The van der Waals surface area contributed by atoms with Crippen molar-refractivity contribution in [2.24, 2.45) is 0 Å². The van der Waals surface area contributed by atoms with Gasteiger partial charge in [-0.05, 0) is 19.2 Å². The van der Waals surface area contributed by atoms with E-state index in [9.17, 15) is 4.79 Å². The summed E-state index contributed by atoms with van der Waals surface area (Å²) in [7, 11) is 1.83. The number of aliphatic hydroxyl groups is 1. The highest BCUT2D eigenvalue weighted by molar-refractivity contribution is 6.37. The standard InChI is InChI=1S/C12H17Cl2N3O2/c1-17(4-5-18)3-2-11(19)16-12-9(14)6-8(13)7-10(12)15/h6-7,18H,2-5,15H2,1H3,(H,16,19). The quantitative estimate of drug-likeness (QED) is 0.701. The number of nitrogen functional groups attached to an aromatic ring is 1. The largest absolute Gasteiger partial charge is 0.397 e. The summed E-state index contributed by atoms with van der Waals surface area (Å²) < 4.78 is 0. The lowest BCUT2D eigenvalue weighted by molar-refractivity contribution is -0.116. The predicted molar refractivity (Wildman–Crippen MR) is 78.7 cm³/mol. The van der Waals surface area contributed by atoms with Crippen LogP contribution in [-0.2, 0) is 4.79 Å². The van der Waals surface area contributed by atoms with Gasteiger partial charge in [-0.1, -0.05) is 23.2 Å². The normalized spacial score (nSPS) is 10.8. The smallest absolute Gasteiger partial charge is 0.225 e. The molecular formula is C12H17Cl2N3O2. The van der Waals surface area contributed by atoms with E-state index in [1.165, 1.54) is 12.1 Å². The second-order valence-corrected chi connectivity index (χ2v) is 5.02. The molecule has 0 heterocycles. The number of benzene rings is 1. The Hall–Kier alpha value is -1.01. The van der Waals surface area contributed by atoms with Gasteiger partial charge in [0, 0.05) is 24.5 Å². The lowest BCUT2D eigenvalue weighted by Gasteiger charge is -2.15. The summed E-state index contributed by atoms with van der Waals surface area (Å²) in [6.45, 7) is 1.13. The highest BCUT2D eigenvalue weighted by atomic mass is 35.5. The Kier molecular flexibility index (Phi) is 6.37. The molecule has 19 heavy (non-hydrogen) atoms. The van der Waals surface area contributed by atoms with Crippen molar-refractivity contribution in [3.05, 3.63) is 22.2 Å². The van der Waals surface area contributed by atoms with Gasteiger partial charge in [0.1, 0.15) is 0 Å². The summed E-state index contributed by atoms with van der Waals surface area (Å²) in [4.78, 5) is 13.6. The number of anilines is 2. The van der Waals surface area contributed by atoms with E-state index >= 15 is 0 Å². The Labute approximate surface area is 122 Å². The second kappa shape index (κ2) is 7.55. The molecule has 0 aliphatic rings. The Morgan fingerprint density at radius 3 is 2.68 bits per heavy atom. The summed E-state index contributed by atoms with van der Waals surface area (Å²) in [6, 6.07) is 3.05. The summed E-state index contributed by atoms with van der Waals surface area (Å²) in [5, 5.41) is 12.1. The van der Waals surface area contributed by atoms with Gasteiger partial charge >= 0.3 is 0 Å². The SMILES string of the molecule is CN(CCO)CCC(=O)Nc1c(N)cc(Cl)cc1Cl. The van der Waals surface area contributed by atoms with Crippen molar-refractivity contribution in [3.8, 4) is 0 Å². The van der Waals surface area contributed by atoms with Crippen LogP contribution in [0.3, 0.4) is 0 Å². The van der Waals surface area contributed by atoms with Crippen LogP contribution in [0.1, 0.15) is 6.42 Å². The monoisotopic (exact) mass is 305 g/mol. The molecule has 0 saturated carbocycles. The molecule has 0 radical (unpaired) electrons. The van der Waals surface area contributed by atoms with E-state index < -0.39 is 0 Å². The number of halogens is 2. The van der Waals surface area contributed by atoms with E-state index in [0.717, 1.165) is 0 Å². The molecule has 0 aliphatic carbocycles. The number of hydrogen-bond donors (Lipinski definition) is 3. The maximum atomic E-state index is 11.8. The molecule has 106 valence electrons. The number of nitrogens with two attached hydrogens (primary N) is 1. The zero-order valence-electron chi connectivity index (χ0n) is 10.6. The van der Waals surface area contributed by atoms with Crippen LogP contribution >= 0.6 is 23.2 Å². The first-order chi connectivity index (χ1) is 8.93. The summed E-state index contributed by atoms with van der Waals surface area (Å²) >= 11 is 11.8. The molecule has 0 unspecified atom stereocenters. The minimum absolute atomic E-state index is 0.0636. The fraction of sp³-hybridized carbons (Fsp3) is 0.417. The molecule has 7 heteroatoms. The molecule has 1 aromatic rings. The van der Waals surface area contributed by atoms with Gasteiger partial charge in [0.25, 0.3) is 0 Å². The van der Waals surface area contributed by atoms with Gasteiger partial charge in [0.15, 0.2) is 0 Å². The van der Waals surface area contributed by atoms with Crippen LogP contribution in [0.25, 0.3) is 0 Å². The van der Waals surface area contributed by atoms with Crippen LogP contribution in [0.4, 0.5) is 11.4 Å². The molecule has 0 aromatic heterocycles. The third-order valence-electron chi connectivity index (χ3n) is 2.55. The van der Waals surface area contributed by atoms with Crippen LogP contribution in [0, 0.1) is 0 Å². The molecule has 0 saturated heterocycles. The van der Waals surface area contributed by atoms with Crippen molar-refractivity contribution in [3.63, 3.8) is 0 Å². The van der Waals surface area contributed by atoms with Gasteiger partial charge in [-0.15, -0.1) is 0 Å². The first-order valence-corrected chi connectivity index (χ1v) is 6.53.